The zero-order valence-corrected chi connectivity index (χ0v) is 13.3. The molecule has 0 aliphatic carbocycles. The highest BCUT2D eigenvalue weighted by Crippen LogP contribution is 2.25. The minimum absolute atomic E-state index is 0.0428. The number of carbonyl (C=O) groups excluding carboxylic acids is 2. The lowest BCUT2D eigenvalue weighted by Gasteiger charge is -2.24. The number of nitrogens with one attached hydrogen (secondary N) is 1. The van der Waals surface area contributed by atoms with Crippen molar-refractivity contribution >= 4 is 23.6 Å². The van der Waals surface area contributed by atoms with Crippen LogP contribution in [0.2, 0.25) is 0 Å². The summed E-state index contributed by atoms with van der Waals surface area (Å²) >= 11 is 1.59. The van der Waals surface area contributed by atoms with Gasteiger partial charge in [-0.2, -0.15) is 13.2 Å². The van der Waals surface area contributed by atoms with E-state index in [9.17, 15) is 22.8 Å². The topological polar surface area (TPSA) is 49.4 Å². The highest BCUT2D eigenvalue weighted by molar-refractivity contribution is 7.98. The van der Waals surface area contributed by atoms with Gasteiger partial charge in [-0.3, -0.25) is 9.59 Å². The first kappa shape index (κ1) is 17.7. The fraction of sp³-hybridized carbons (Fsp3) is 0.467. The lowest BCUT2D eigenvalue weighted by Crippen LogP contribution is -2.50. The van der Waals surface area contributed by atoms with E-state index in [1.54, 1.807) is 11.8 Å². The number of likely N-dealkylation sites (tertiary alicyclic amines) is 1. The lowest BCUT2D eigenvalue weighted by atomic mass is 10.2. The zero-order valence-electron chi connectivity index (χ0n) is 12.5. The molecular formula is C15H17F3N2O2S. The first-order chi connectivity index (χ1) is 10.8. The number of halogens is 3. The molecule has 0 spiro atoms. The lowest BCUT2D eigenvalue weighted by molar-refractivity contribution is -0.186. The first-order valence-corrected chi connectivity index (χ1v) is 8.34. The number of nitrogens with zero attached hydrogens (tertiary/aromatic N) is 1. The van der Waals surface area contributed by atoms with E-state index in [0.717, 1.165) is 10.5 Å². The number of carbonyl (C=O) groups is 2. The van der Waals surface area contributed by atoms with Gasteiger partial charge in [0.15, 0.2) is 0 Å². The Kier molecular flexibility index (Phi) is 5.56. The molecule has 126 valence electrons. The number of amides is 2. The molecule has 23 heavy (non-hydrogen) atoms. The molecule has 4 nitrogen and oxygen atoms in total. The van der Waals surface area contributed by atoms with E-state index < -0.39 is 24.0 Å². The Labute approximate surface area is 136 Å². The maximum Gasteiger partial charge on any atom is 0.471 e. The average molecular weight is 346 g/mol. The molecule has 0 unspecified atom stereocenters. The van der Waals surface area contributed by atoms with Crippen LogP contribution in [-0.2, 0) is 16.1 Å². The Balaban J connectivity index is 1.95. The van der Waals surface area contributed by atoms with Crippen LogP contribution in [0.5, 0.6) is 0 Å². The normalized spacial score (nSPS) is 18.1. The summed E-state index contributed by atoms with van der Waals surface area (Å²) in [6.45, 7) is 0.177. The fourth-order valence-electron chi connectivity index (χ4n) is 2.50. The van der Waals surface area contributed by atoms with Crippen molar-refractivity contribution in [3.8, 4) is 0 Å². The first-order valence-electron chi connectivity index (χ1n) is 7.11. The second kappa shape index (κ2) is 7.25. The van der Waals surface area contributed by atoms with Crippen LogP contribution in [-0.4, -0.2) is 41.7 Å². The summed E-state index contributed by atoms with van der Waals surface area (Å²) in [6.07, 6.45) is -2.36. The van der Waals surface area contributed by atoms with E-state index >= 15 is 0 Å². The quantitative estimate of drug-likeness (QED) is 0.853. The third kappa shape index (κ3) is 4.40. The smallest absolute Gasteiger partial charge is 0.350 e. The molecule has 0 aromatic heterocycles. The number of thioether (sulfide) groups is 1. The summed E-state index contributed by atoms with van der Waals surface area (Å²) in [5, 5.41) is 2.61. The van der Waals surface area contributed by atoms with Gasteiger partial charge >= 0.3 is 12.1 Å². The minimum atomic E-state index is -4.95. The van der Waals surface area contributed by atoms with Crippen molar-refractivity contribution < 1.29 is 22.8 Å². The van der Waals surface area contributed by atoms with Gasteiger partial charge in [0.25, 0.3) is 0 Å². The molecule has 1 atom stereocenters. The van der Waals surface area contributed by atoms with Crippen molar-refractivity contribution in [2.75, 3.05) is 12.8 Å². The van der Waals surface area contributed by atoms with Gasteiger partial charge in [0, 0.05) is 18.0 Å². The van der Waals surface area contributed by atoms with Gasteiger partial charge in [0.2, 0.25) is 5.91 Å². The number of rotatable bonds is 4. The predicted octanol–water partition coefficient (Wildman–Crippen LogP) is 2.58. The molecule has 0 radical (unpaired) electrons. The van der Waals surface area contributed by atoms with Crippen LogP contribution in [0.1, 0.15) is 18.4 Å². The second-order valence-electron chi connectivity index (χ2n) is 5.22. The summed E-state index contributed by atoms with van der Waals surface area (Å²) in [5.41, 5.74) is 0.850. The molecule has 2 amide bonds. The SMILES string of the molecule is CSc1ccc(CNC(=O)[C@H]2CCCN2C(=O)C(F)(F)F)cc1. The molecule has 1 fully saturated rings. The molecule has 1 aliphatic rings. The van der Waals surface area contributed by atoms with Crippen LogP contribution in [0.4, 0.5) is 13.2 Å². The highest BCUT2D eigenvalue weighted by Gasteiger charge is 2.47. The summed E-state index contributed by atoms with van der Waals surface area (Å²) in [5.74, 6) is -2.49. The van der Waals surface area contributed by atoms with Crippen LogP contribution < -0.4 is 5.32 Å². The van der Waals surface area contributed by atoms with E-state index in [4.69, 9.17) is 0 Å². The van der Waals surface area contributed by atoms with Gasteiger partial charge in [-0.15, -0.1) is 11.8 Å². The molecule has 1 aromatic rings. The molecule has 0 saturated carbocycles. The Bertz CT molecular complexity index is 575. The Morgan fingerprint density at radius 3 is 2.52 bits per heavy atom. The minimum Gasteiger partial charge on any atom is -0.350 e. The number of alkyl halides is 3. The Hall–Kier alpha value is -1.70. The third-order valence-electron chi connectivity index (χ3n) is 3.68. The van der Waals surface area contributed by atoms with Gasteiger partial charge in [-0.1, -0.05) is 12.1 Å². The van der Waals surface area contributed by atoms with Gasteiger partial charge in [0.05, 0.1) is 0 Å². The van der Waals surface area contributed by atoms with Crippen molar-refractivity contribution in [3.63, 3.8) is 0 Å². The molecule has 1 heterocycles. The number of benzene rings is 1. The van der Waals surface area contributed by atoms with Crippen molar-refractivity contribution in [3.05, 3.63) is 29.8 Å². The molecule has 1 aliphatic heterocycles. The molecule has 1 aromatic carbocycles. The monoisotopic (exact) mass is 346 g/mol. The average Bonchev–Trinajstić information content (AvgIpc) is 3.00. The predicted molar refractivity (Wildman–Crippen MR) is 80.9 cm³/mol. The van der Waals surface area contributed by atoms with Gasteiger partial charge in [-0.25, -0.2) is 0 Å². The maximum atomic E-state index is 12.5. The summed E-state index contributed by atoms with van der Waals surface area (Å²) in [6, 6.07) is 6.45. The standard InChI is InChI=1S/C15H17F3N2O2S/c1-23-11-6-4-10(5-7-11)9-19-13(21)12-3-2-8-20(12)14(22)15(16,17)18/h4-7,12H,2-3,8-9H2,1H3,(H,19,21)/t12-/m1/s1. The summed E-state index contributed by atoms with van der Waals surface area (Å²) in [7, 11) is 0. The van der Waals surface area contributed by atoms with E-state index in [1.807, 2.05) is 30.5 Å². The van der Waals surface area contributed by atoms with Crippen molar-refractivity contribution in [1.82, 2.24) is 10.2 Å². The highest BCUT2D eigenvalue weighted by atomic mass is 32.2. The van der Waals surface area contributed by atoms with Gasteiger partial charge < -0.3 is 10.2 Å². The molecule has 2 rings (SSSR count). The van der Waals surface area contributed by atoms with E-state index in [0.29, 0.717) is 11.3 Å². The molecule has 1 saturated heterocycles. The zero-order chi connectivity index (χ0) is 17.0. The maximum absolute atomic E-state index is 12.5. The molecular weight excluding hydrogens is 329 g/mol. The Morgan fingerprint density at radius 1 is 1.30 bits per heavy atom. The van der Waals surface area contributed by atoms with Crippen molar-refractivity contribution in [2.45, 2.75) is 36.5 Å². The van der Waals surface area contributed by atoms with Crippen LogP contribution in [0, 0.1) is 0 Å². The molecule has 0 bridgehead atoms. The van der Waals surface area contributed by atoms with Crippen LogP contribution >= 0.6 is 11.8 Å². The van der Waals surface area contributed by atoms with Gasteiger partial charge in [0.1, 0.15) is 6.04 Å². The summed E-state index contributed by atoms with van der Waals surface area (Å²) in [4.78, 5) is 25.2. The van der Waals surface area contributed by atoms with Crippen molar-refractivity contribution in [1.29, 1.82) is 0 Å². The van der Waals surface area contributed by atoms with Crippen LogP contribution in [0.15, 0.2) is 29.2 Å². The molecule has 8 heteroatoms. The Morgan fingerprint density at radius 2 is 1.96 bits per heavy atom. The van der Waals surface area contributed by atoms with E-state index in [-0.39, 0.29) is 19.5 Å². The van der Waals surface area contributed by atoms with Crippen LogP contribution in [0.25, 0.3) is 0 Å². The van der Waals surface area contributed by atoms with Crippen molar-refractivity contribution in [2.24, 2.45) is 0 Å². The fourth-order valence-corrected chi connectivity index (χ4v) is 2.90. The summed E-state index contributed by atoms with van der Waals surface area (Å²) < 4.78 is 37.6. The van der Waals surface area contributed by atoms with Crippen LogP contribution in [0.3, 0.4) is 0 Å². The number of hydrogen-bond donors (Lipinski definition) is 1. The van der Waals surface area contributed by atoms with Gasteiger partial charge in [-0.05, 0) is 36.8 Å². The number of hydrogen-bond acceptors (Lipinski definition) is 3. The molecule has 1 N–H and O–H groups in total. The van der Waals surface area contributed by atoms with E-state index in [1.165, 1.54) is 0 Å². The largest absolute Gasteiger partial charge is 0.471 e. The van der Waals surface area contributed by atoms with E-state index in [2.05, 4.69) is 5.32 Å². The second-order valence-corrected chi connectivity index (χ2v) is 6.10. The third-order valence-corrected chi connectivity index (χ3v) is 4.43.